The van der Waals surface area contributed by atoms with E-state index < -0.39 is 0 Å². The Kier molecular flexibility index (Phi) is 4.75. The molecule has 0 unspecified atom stereocenters. The van der Waals surface area contributed by atoms with Crippen molar-refractivity contribution in [3.63, 3.8) is 0 Å². The van der Waals surface area contributed by atoms with E-state index in [1.807, 2.05) is 19.9 Å². The number of ether oxygens (including phenoxy) is 1. The molecule has 1 aromatic heterocycles. The van der Waals surface area contributed by atoms with Crippen LogP contribution in [-0.4, -0.2) is 24.2 Å². The quantitative estimate of drug-likeness (QED) is 0.826. The topological polar surface area (TPSA) is 57.9 Å². The van der Waals surface area contributed by atoms with E-state index in [0.717, 1.165) is 11.3 Å². The summed E-state index contributed by atoms with van der Waals surface area (Å²) in [5, 5.41) is 12.4. The van der Waals surface area contributed by atoms with Gasteiger partial charge in [0.1, 0.15) is 11.9 Å². The maximum absolute atomic E-state index is 9.16. The van der Waals surface area contributed by atoms with Gasteiger partial charge in [-0.05, 0) is 38.3 Å². The minimum atomic E-state index is 0.435. The summed E-state index contributed by atoms with van der Waals surface area (Å²) in [7, 11) is 0. The minimum absolute atomic E-state index is 0.435. The highest BCUT2D eigenvalue weighted by molar-refractivity contribution is 5.56. The van der Waals surface area contributed by atoms with Crippen molar-refractivity contribution in [1.29, 1.82) is 5.26 Å². The first kappa shape index (κ1) is 13.8. The SMILES string of the molecule is Cc1cc(C)c(C#N)c(NCCOC2CCCC2)n1. The van der Waals surface area contributed by atoms with Crippen LogP contribution in [0.2, 0.25) is 0 Å². The van der Waals surface area contributed by atoms with Crippen LogP contribution in [0.25, 0.3) is 0 Å². The number of nitriles is 1. The van der Waals surface area contributed by atoms with E-state index in [-0.39, 0.29) is 0 Å². The van der Waals surface area contributed by atoms with Gasteiger partial charge in [-0.15, -0.1) is 0 Å². The van der Waals surface area contributed by atoms with Crippen molar-refractivity contribution < 1.29 is 4.74 Å². The smallest absolute Gasteiger partial charge is 0.144 e. The lowest BCUT2D eigenvalue weighted by Crippen LogP contribution is -2.16. The first-order chi connectivity index (χ1) is 9.20. The Morgan fingerprint density at radius 1 is 1.42 bits per heavy atom. The molecular formula is C15H21N3O. The van der Waals surface area contributed by atoms with Gasteiger partial charge in [0.2, 0.25) is 0 Å². The van der Waals surface area contributed by atoms with Gasteiger partial charge in [-0.25, -0.2) is 4.98 Å². The van der Waals surface area contributed by atoms with Crippen molar-refractivity contribution >= 4 is 5.82 Å². The second kappa shape index (κ2) is 6.53. The molecule has 102 valence electrons. The van der Waals surface area contributed by atoms with Crippen molar-refractivity contribution in [2.24, 2.45) is 0 Å². The summed E-state index contributed by atoms with van der Waals surface area (Å²) in [6, 6.07) is 4.14. The number of aryl methyl sites for hydroxylation is 2. The summed E-state index contributed by atoms with van der Waals surface area (Å²) in [6.07, 6.45) is 5.38. The standard InChI is InChI=1S/C15H21N3O/c1-11-9-12(2)18-15(14(11)10-16)17-7-8-19-13-5-3-4-6-13/h9,13H,3-8H2,1-2H3,(H,17,18). The highest BCUT2D eigenvalue weighted by atomic mass is 16.5. The van der Waals surface area contributed by atoms with E-state index in [0.29, 0.717) is 30.6 Å². The fourth-order valence-electron chi connectivity index (χ4n) is 2.56. The Morgan fingerprint density at radius 3 is 2.84 bits per heavy atom. The number of nitrogens with one attached hydrogen (secondary N) is 1. The van der Waals surface area contributed by atoms with Crippen LogP contribution in [0, 0.1) is 25.2 Å². The first-order valence-corrected chi connectivity index (χ1v) is 6.94. The number of rotatable bonds is 5. The molecule has 2 rings (SSSR count). The molecule has 0 radical (unpaired) electrons. The lowest BCUT2D eigenvalue weighted by molar-refractivity contribution is 0.0658. The lowest BCUT2D eigenvalue weighted by atomic mass is 10.1. The molecule has 4 nitrogen and oxygen atoms in total. The van der Waals surface area contributed by atoms with Crippen molar-refractivity contribution in [2.75, 3.05) is 18.5 Å². The van der Waals surface area contributed by atoms with E-state index in [4.69, 9.17) is 10.00 Å². The van der Waals surface area contributed by atoms with Crippen LogP contribution < -0.4 is 5.32 Å². The second-order valence-electron chi connectivity index (χ2n) is 5.12. The van der Waals surface area contributed by atoms with Gasteiger partial charge in [-0.1, -0.05) is 12.8 Å². The van der Waals surface area contributed by atoms with Gasteiger partial charge in [0.25, 0.3) is 0 Å². The van der Waals surface area contributed by atoms with Crippen LogP contribution in [-0.2, 0) is 4.74 Å². The van der Waals surface area contributed by atoms with Gasteiger partial charge < -0.3 is 10.1 Å². The molecule has 1 saturated carbocycles. The van der Waals surface area contributed by atoms with Crippen LogP contribution in [0.1, 0.15) is 42.5 Å². The molecule has 0 saturated heterocycles. The number of aromatic nitrogens is 1. The summed E-state index contributed by atoms with van der Waals surface area (Å²) in [5.74, 6) is 0.676. The highest BCUT2D eigenvalue weighted by Gasteiger charge is 2.15. The average Bonchev–Trinajstić information content (AvgIpc) is 2.87. The van der Waals surface area contributed by atoms with Crippen LogP contribution in [0.15, 0.2) is 6.07 Å². The van der Waals surface area contributed by atoms with E-state index in [9.17, 15) is 0 Å². The van der Waals surface area contributed by atoms with Gasteiger partial charge in [0.15, 0.2) is 0 Å². The molecule has 1 aliphatic rings. The molecule has 4 heteroatoms. The molecule has 19 heavy (non-hydrogen) atoms. The zero-order valence-corrected chi connectivity index (χ0v) is 11.7. The molecule has 1 aliphatic carbocycles. The average molecular weight is 259 g/mol. The van der Waals surface area contributed by atoms with Gasteiger partial charge >= 0.3 is 0 Å². The van der Waals surface area contributed by atoms with Crippen LogP contribution in [0.4, 0.5) is 5.82 Å². The molecule has 1 fully saturated rings. The number of anilines is 1. The summed E-state index contributed by atoms with van der Waals surface area (Å²) in [6.45, 7) is 5.24. The molecule has 1 aromatic rings. The largest absolute Gasteiger partial charge is 0.376 e. The lowest BCUT2D eigenvalue weighted by Gasteiger charge is -2.13. The number of hydrogen-bond donors (Lipinski definition) is 1. The molecule has 0 bridgehead atoms. The summed E-state index contributed by atoms with van der Waals surface area (Å²) in [5.41, 5.74) is 2.52. The van der Waals surface area contributed by atoms with Crippen LogP contribution >= 0.6 is 0 Å². The second-order valence-corrected chi connectivity index (χ2v) is 5.12. The Hall–Kier alpha value is -1.60. The number of nitrogens with zero attached hydrogens (tertiary/aromatic N) is 2. The molecule has 0 aliphatic heterocycles. The maximum Gasteiger partial charge on any atom is 0.144 e. The van der Waals surface area contributed by atoms with E-state index >= 15 is 0 Å². The molecular weight excluding hydrogens is 238 g/mol. The molecule has 0 aromatic carbocycles. The first-order valence-electron chi connectivity index (χ1n) is 6.94. The fourth-order valence-corrected chi connectivity index (χ4v) is 2.56. The predicted octanol–water partition coefficient (Wildman–Crippen LogP) is 2.94. The van der Waals surface area contributed by atoms with Crippen LogP contribution in [0.5, 0.6) is 0 Å². The monoisotopic (exact) mass is 259 g/mol. The third-order valence-electron chi connectivity index (χ3n) is 3.51. The van der Waals surface area contributed by atoms with Gasteiger partial charge in [-0.3, -0.25) is 0 Å². The molecule has 1 heterocycles. The van der Waals surface area contributed by atoms with Gasteiger partial charge in [0, 0.05) is 12.2 Å². The normalized spacial score (nSPS) is 15.4. The van der Waals surface area contributed by atoms with E-state index in [1.54, 1.807) is 0 Å². The molecule has 0 spiro atoms. The van der Waals surface area contributed by atoms with Crippen LogP contribution in [0.3, 0.4) is 0 Å². The number of pyridine rings is 1. The van der Waals surface area contributed by atoms with Gasteiger partial charge in [-0.2, -0.15) is 5.26 Å². The van der Waals surface area contributed by atoms with Crippen molar-refractivity contribution in [2.45, 2.75) is 45.6 Å². The highest BCUT2D eigenvalue weighted by Crippen LogP contribution is 2.21. The summed E-state index contributed by atoms with van der Waals surface area (Å²) < 4.78 is 5.79. The predicted molar refractivity (Wildman–Crippen MR) is 75.1 cm³/mol. The van der Waals surface area contributed by atoms with E-state index in [1.165, 1.54) is 25.7 Å². The Balaban J connectivity index is 1.86. The summed E-state index contributed by atoms with van der Waals surface area (Å²) >= 11 is 0. The Morgan fingerprint density at radius 2 is 2.16 bits per heavy atom. The third-order valence-corrected chi connectivity index (χ3v) is 3.51. The van der Waals surface area contributed by atoms with Gasteiger partial charge in [0.05, 0.1) is 18.3 Å². The van der Waals surface area contributed by atoms with Crippen molar-refractivity contribution in [3.05, 3.63) is 22.9 Å². The maximum atomic E-state index is 9.16. The Labute approximate surface area is 114 Å². The minimum Gasteiger partial charge on any atom is -0.376 e. The molecule has 1 N–H and O–H groups in total. The van der Waals surface area contributed by atoms with Crippen molar-refractivity contribution in [1.82, 2.24) is 4.98 Å². The fraction of sp³-hybridized carbons (Fsp3) is 0.600. The number of hydrogen-bond acceptors (Lipinski definition) is 4. The molecule has 0 amide bonds. The van der Waals surface area contributed by atoms with Crippen molar-refractivity contribution in [3.8, 4) is 6.07 Å². The zero-order chi connectivity index (χ0) is 13.7. The molecule has 0 atom stereocenters. The summed E-state index contributed by atoms with van der Waals surface area (Å²) in [4.78, 5) is 4.38. The van der Waals surface area contributed by atoms with E-state index in [2.05, 4.69) is 16.4 Å². The zero-order valence-electron chi connectivity index (χ0n) is 11.7. The third kappa shape index (κ3) is 3.68. The Bertz CT molecular complexity index is 473.